The van der Waals surface area contributed by atoms with Crippen LogP contribution in [0.1, 0.15) is 106 Å². The summed E-state index contributed by atoms with van der Waals surface area (Å²) in [4.78, 5) is 43.2. The first-order valence-corrected chi connectivity index (χ1v) is 27.9. The molecule has 4 aliphatic heterocycles. The van der Waals surface area contributed by atoms with Gasteiger partial charge in [-0.25, -0.2) is 4.79 Å². The molecule has 0 saturated carbocycles. The summed E-state index contributed by atoms with van der Waals surface area (Å²) >= 11 is 25.5. The van der Waals surface area contributed by atoms with Crippen LogP contribution in [0.15, 0.2) is 122 Å². The molecule has 4 atom stereocenters. The molecule has 4 aliphatic rings. The Labute approximate surface area is 494 Å². The second-order valence-electron chi connectivity index (χ2n) is 20.7. The van der Waals surface area contributed by atoms with Crippen molar-refractivity contribution < 1.29 is 24.9 Å². The maximum absolute atomic E-state index is 12.7. The van der Waals surface area contributed by atoms with Gasteiger partial charge in [-0.15, -0.1) is 12.4 Å². The fourth-order valence-corrected chi connectivity index (χ4v) is 11.4. The number of nitriles is 2. The van der Waals surface area contributed by atoms with E-state index >= 15 is 0 Å². The van der Waals surface area contributed by atoms with Crippen molar-refractivity contribution in [1.29, 1.82) is 10.5 Å². The Balaban J connectivity index is 0.000000211. The molecule has 2 aromatic heterocycles. The molecule has 15 nitrogen and oxygen atoms in total. The van der Waals surface area contributed by atoms with Gasteiger partial charge in [0, 0.05) is 87.9 Å². The predicted molar refractivity (Wildman–Crippen MR) is 317 cm³/mol. The first-order chi connectivity index (χ1) is 37.9. The number of amides is 1. The average molecular weight is 1180 g/mol. The van der Waals surface area contributed by atoms with E-state index in [1.807, 2.05) is 65.6 Å². The van der Waals surface area contributed by atoms with Crippen LogP contribution < -0.4 is 15.1 Å². The Morgan fingerprint density at radius 1 is 0.600 bits per heavy atom. The van der Waals surface area contributed by atoms with Crippen LogP contribution >= 0.6 is 58.8 Å². The number of pyridine rings is 2. The number of carboxylic acids is 1. The van der Waals surface area contributed by atoms with E-state index in [1.165, 1.54) is 38.2 Å². The average Bonchev–Trinajstić information content (AvgIpc) is 4.25. The van der Waals surface area contributed by atoms with Crippen LogP contribution in [-0.2, 0) is 11.2 Å². The zero-order chi connectivity index (χ0) is 56.3. The van der Waals surface area contributed by atoms with Crippen molar-refractivity contribution in [1.82, 2.24) is 30.0 Å². The number of anilines is 2. The van der Waals surface area contributed by atoms with Gasteiger partial charge in [0.25, 0.3) is 5.91 Å². The van der Waals surface area contributed by atoms with Crippen molar-refractivity contribution in [3.63, 3.8) is 0 Å². The topological polar surface area (TPSA) is 196 Å². The van der Waals surface area contributed by atoms with Crippen LogP contribution in [0.4, 0.5) is 11.4 Å². The predicted octanol–water partition coefficient (Wildman–Crippen LogP) is 10.8. The molecule has 20 heteroatoms. The van der Waals surface area contributed by atoms with Gasteiger partial charge >= 0.3 is 5.97 Å². The van der Waals surface area contributed by atoms with Crippen LogP contribution in [0.5, 0.6) is 0 Å². The molecule has 80 heavy (non-hydrogen) atoms. The summed E-state index contributed by atoms with van der Waals surface area (Å²) in [5, 5.41) is 55.8. The number of halogens is 5. The Morgan fingerprint density at radius 3 is 1.38 bits per heavy atom. The normalized spacial score (nSPS) is 18.9. The van der Waals surface area contributed by atoms with E-state index in [2.05, 4.69) is 47.0 Å². The minimum atomic E-state index is -1.28. The smallest absolute Gasteiger partial charge is 0.337 e. The number of nitrogens with zero attached hydrogens (tertiary/aromatic N) is 9. The molecule has 0 radical (unpaired) electrons. The van der Waals surface area contributed by atoms with Crippen molar-refractivity contribution in [3.05, 3.63) is 186 Å². The highest BCUT2D eigenvalue weighted by Gasteiger charge is 2.37. The standard InChI is InChI=1S/C30H31Cl2N5O2.C26H24Cl2N4O3.C4H9N.ClH/c1-30(39,28-11-7-23(18-34-28)29(38)36-12-2-3-13-36)20-35-14-15-37(26-10-4-21(17-33)16-25(26)32)27(19-35)22-5-8-24(31)9-6-22;1-26(35,24-9-5-19(14-30-24)25(33)34)16-31-10-11-32(22-8-2-17(13-29)12-21(22)28)23(15-31)18-3-6-20(27)7-4-18;1-2-4-5-3-1;/h4-11,16,18,27,39H,2-3,12-15,19-20H2,1H3;2-9,12,14,23,35H,10-11,15-16H2,1H3,(H,33,34);5H,1-4H2;1H/t27-,30+;23-,26+;;/m00../s1. The quantitative estimate of drug-likeness (QED) is 0.0903. The van der Waals surface area contributed by atoms with Crippen molar-refractivity contribution in [2.75, 3.05) is 88.3 Å². The number of benzene rings is 4. The minimum absolute atomic E-state index is 0. The fourth-order valence-electron chi connectivity index (χ4n) is 10.5. The molecular formula is C60H65Cl5N10O5. The lowest BCUT2D eigenvalue weighted by molar-refractivity contribution is 0.00642. The number of carboxylic acid groups (broad SMARTS) is 1. The van der Waals surface area contributed by atoms with Crippen molar-refractivity contribution >= 4 is 82.1 Å². The van der Waals surface area contributed by atoms with Crippen LogP contribution in [0, 0.1) is 22.7 Å². The summed E-state index contributed by atoms with van der Waals surface area (Å²) in [5.41, 5.74) is 3.89. The molecule has 10 rings (SSSR count). The third-order valence-electron chi connectivity index (χ3n) is 14.7. The minimum Gasteiger partial charge on any atom is -0.478 e. The molecule has 6 heterocycles. The summed E-state index contributed by atoms with van der Waals surface area (Å²) in [6.45, 7) is 12.1. The third kappa shape index (κ3) is 15.7. The number of β-amino-alcohol motifs (C(OH)–C–C–N with tert-alkyl or cyclic N) is 2. The van der Waals surface area contributed by atoms with Crippen molar-refractivity contribution in [2.24, 2.45) is 0 Å². The molecular weight excluding hydrogens is 1120 g/mol. The molecule has 0 aliphatic carbocycles. The second kappa shape index (κ2) is 28.1. The van der Waals surface area contributed by atoms with Gasteiger partial charge in [-0.3, -0.25) is 24.6 Å². The molecule has 4 N–H and O–H groups in total. The molecule has 0 spiro atoms. The number of aromatic carboxylic acids is 1. The van der Waals surface area contributed by atoms with Gasteiger partial charge < -0.3 is 35.3 Å². The van der Waals surface area contributed by atoms with Crippen LogP contribution in [-0.4, -0.2) is 130 Å². The molecule has 4 fully saturated rings. The maximum Gasteiger partial charge on any atom is 0.337 e. The van der Waals surface area contributed by atoms with Crippen molar-refractivity contribution in [2.45, 2.75) is 62.8 Å². The van der Waals surface area contributed by atoms with Gasteiger partial charge in [-0.1, -0.05) is 70.7 Å². The van der Waals surface area contributed by atoms with Crippen LogP contribution in [0.3, 0.4) is 0 Å². The van der Waals surface area contributed by atoms with E-state index < -0.39 is 17.2 Å². The summed E-state index contributed by atoms with van der Waals surface area (Å²) < 4.78 is 0. The lowest BCUT2D eigenvalue weighted by atomic mass is 9.97. The summed E-state index contributed by atoms with van der Waals surface area (Å²) in [6, 6.07) is 36.7. The Kier molecular flexibility index (Phi) is 21.6. The van der Waals surface area contributed by atoms with Gasteiger partial charge in [0.2, 0.25) is 0 Å². The zero-order valence-electron chi connectivity index (χ0n) is 44.6. The van der Waals surface area contributed by atoms with Crippen LogP contribution in [0.2, 0.25) is 20.1 Å². The SMILES string of the molecule is C1CCNC1.C[C@@](O)(CN1CCN(c2ccc(C#N)cc2Cl)[C@H](c2ccc(Cl)cc2)C1)c1ccc(C(=O)N2CCCC2)cn1.C[C@@](O)(CN1CCN(c2ccc(C#N)cc2Cl)[C@H](c2ccc(Cl)cc2)C1)c1ccc(C(=O)O)cn1.Cl. The van der Waals surface area contributed by atoms with E-state index in [4.69, 9.17) is 51.5 Å². The number of hydrogen-bond acceptors (Lipinski definition) is 13. The van der Waals surface area contributed by atoms with E-state index in [1.54, 1.807) is 62.5 Å². The Bertz CT molecular complexity index is 3120. The molecule has 0 bridgehead atoms. The number of carbonyl (C=O) groups is 2. The summed E-state index contributed by atoms with van der Waals surface area (Å²) in [6.07, 6.45) is 7.68. The highest BCUT2D eigenvalue weighted by atomic mass is 35.5. The summed E-state index contributed by atoms with van der Waals surface area (Å²) in [5.74, 6) is -1.07. The zero-order valence-corrected chi connectivity index (χ0v) is 48.5. The number of nitrogens with one attached hydrogen (secondary N) is 1. The van der Waals surface area contributed by atoms with Gasteiger partial charge in [0.15, 0.2) is 0 Å². The van der Waals surface area contributed by atoms with Crippen molar-refractivity contribution in [3.8, 4) is 12.1 Å². The fraction of sp³-hybridized carbons (Fsp3) is 0.367. The van der Waals surface area contributed by atoms with Gasteiger partial charge in [-0.05, 0) is 149 Å². The molecule has 420 valence electrons. The van der Waals surface area contributed by atoms with Gasteiger partial charge in [0.05, 0.1) is 79.3 Å². The molecule has 6 aromatic rings. The Morgan fingerprint density at radius 2 is 1.02 bits per heavy atom. The molecule has 4 aromatic carbocycles. The van der Waals surface area contributed by atoms with E-state index in [9.17, 15) is 30.3 Å². The first-order valence-electron chi connectivity index (χ1n) is 26.4. The van der Waals surface area contributed by atoms with E-state index in [0.717, 1.165) is 48.4 Å². The number of aliphatic hydroxyl groups is 2. The molecule has 4 saturated heterocycles. The number of hydrogen-bond donors (Lipinski definition) is 4. The monoisotopic (exact) mass is 1180 g/mol. The number of rotatable bonds is 12. The highest BCUT2D eigenvalue weighted by Crippen LogP contribution is 2.39. The van der Waals surface area contributed by atoms with Gasteiger partial charge in [-0.2, -0.15) is 10.5 Å². The third-order valence-corrected chi connectivity index (χ3v) is 15.9. The number of carbonyl (C=O) groups excluding carboxylic acids is 1. The van der Waals surface area contributed by atoms with Gasteiger partial charge in [0.1, 0.15) is 11.2 Å². The van der Waals surface area contributed by atoms with E-state index in [0.29, 0.717) is 101 Å². The lowest BCUT2D eigenvalue weighted by Crippen LogP contribution is -2.52. The van der Waals surface area contributed by atoms with E-state index in [-0.39, 0.29) is 36.0 Å². The maximum atomic E-state index is 12.7. The first kappa shape index (κ1) is 61.6. The number of piperazine rings is 2. The highest BCUT2D eigenvalue weighted by molar-refractivity contribution is 6.34. The molecule has 0 unspecified atom stereocenters. The second-order valence-corrected chi connectivity index (χ2v) is 22.4. The Hall–Kier alpha value is -6.05. The van der Waals surface area contributed by atoms with Crippen LogP contribution in [0.25, 0.3) is 0 Å². The largest absolute Gasteiger partial charge is 0.478 e. The number of aromatic nitrogens is 2. The number of likely N-dealkylation sites (tertiary alicyclic amines) is 1. The molecule has 1 amide bonds. The lowest BCUT2D eigenvalue weighted by Gasteiger charge is -2.45. The summed E-state index contributed by atoms with van der Waals surface area (Å²) in [7, 11) is 0.